The minimum absolute atomic E-state index is 0.0497. The van der Waals surface area contributed by atoms with Crippen molar-refractivity contribution in [2.24, 2.45) is 0 Å². The molecule has 2 rings (SSSR count). The Morgan fingerprint density at radius 2 is 2.25 bits per heavy atom. The summed E-state index contributed by atoms with van der Waals surface area (Å²) in [6.45, 7) is 1.36. The molecule has 0 amide bonds. The van der Waals surface area contributed by atoms with Gasteiger partial charge in [-0.1, -0.05) is 0 Å². The second kappa shape index (κ2) is 3.81. The lowest BCUT2D eigenvalue weighted by Crippen LogP contribution is -2.07. The Balaban J connectivity index is 2.79. The third kappa shape index (κ3) is 1.66. The first-order chi connectivity index (χ1) is 7.50. The summed E-state index contributed by atoms with van der Waals surface area (Å²) < 4.78 is 1.82. The molecular formula is C9H6IN3O3. The molecule has 7 heteroatoms. The van der Waals surface area contributed by atoms with Crippen LogP contribution in [0, 0.1) is 13.8 Å². The first-order valence-corrected chi connectivity index (χ1v) is 5.42. The molecule has 6 nitrogen and oxygen atoms in total. The van der Waals surface area contributed by atoms with E-state index in [2.05, 4.69) is 5.10 Å². The molecule has 0 spiro atoms. The molecule has 82 valence electrons. The molecule has 1 aromatic heterocycles. The van der Waals surface area contributed by atoms with Crippen LogP contribution in [-0.2, 0) is 0 Å². The number of carbonyl (C=O) groups excluding carboxylic acids is 1. The van der Waals surface area contributed by atoms with Crippen molar-refractivity contribution in [3.8, 4) is 0 Å². The van der Waals surface area contributed by atoms with E-state index < -0.39 is 4.92 Å². The average molecular weight is 331 g/mol. The maximum atomic E-state index is 11.3. The molecule has 0 aliphatic heterocycles. The number of carbonyl (C=O) groups is 1. The van der Waals surface area contributed by atoms with Crippen molar-refractivity contribution in [3.05, 3.63) is 32.0 Å². The molecular weight excluding hydrogens is 325 g/mol. The second-order valence-corrected chi connectivity index (χ2v) is 4.20. The Bertz CT molecular complexity index is 605. The van der Waals surface area contributed by atoms with Crippen molar-refractivity contribution in [3.63, 3.8) is 0 Å². The zero-order valence-corrected chi connectivity index (χ0v) is 10.3. The molecule has 2 aromatic rings. The predicted molar refractivity (Wildman–Crippen MR) is 65.4 cm³/mol. The van der Waals surface area contributed by atoms with Gasteiger partial charge in [-0.25, -0.2) is 0 Å². The lowest BCUT2D eigenvalue weighted by molar-refractivity contribution is -0.384. The third-order valence-electron chi connectivity index (χ3n) is 2.13. The van der Waals surface area contributed by atoms with Crippen molar-refractivity contribution >= 4 is 45.1 Å². The summed E-state index contributed by atoms with van der Waals surface area (Å²) >= 11 is 1.99. The summed E-state index contributed by atoms with van der Waals surface area (Å²) in [7, 11) is 0. The SMILES string of the molecule is CC(=O)n1nc(I)c2ccc([N+](=O)[O-])cc21. The Morgan fingerprint density at radius 3 is 2.81 bits per heavy atom. The summed E-state index contributed by atoms with van der Waals surface area (Å²) in [5.41, 5.74) is 0.414. The van der Waals surface area contributed by atoms with Gasteiger partial charge in [0.05, 0.1) is 10.4 Å². The summed E-state index contributed by atoms with van der Waals surface area (Å²) in [6, 6.07) is 4.35. The quantitative estimate of drug-likeness (QED) is 0.456. The van der Waals surface area contributed by atoms with Crippen LogP contribution in [0.15, 0.2) is 18.2 Å². The van der Waals surface area contributed by atoms with Gasteiger partial charge in [-0.2, -0.15) is 9.78 Å². The van der Waals surface area contributed by atoms with Crippen LogP contribution >= 0.6 is 22.6 Å². The monoisotopic (exact) mass is 331 g/mol. The number of aromatic nitrogens is 2. The number of nitro benzene ring substituents is 1. The minimum Gasteiger partial charge on any atom is -0.273 e. The molecule has 0 saturated heterocycles. The molecule has 0 saturated carbocycles. The number of hydrogen-bond acceptors (Lipinski definition) is 4. The fraction of sp³-hybridized carbons (Fsp3) is 0.111. The van der Waals surface area contributed by atoms with Gasteiger partial charge in [0.2, 0.25) is 5.91 Å². The van der Waals surface area contributed by atoms with Gasteiger partial charge in [0, 0.05) is 24.4 Å². The number of benzene rings is 1. The van der Waals surface area contributed by atoms with Crippen LogP contribution in [-0.4, -0.2) is 20.6 Å². The van der Waals surface area contributed by atoms with Gasteiger partial charge >= 0.3 is 0 Å². The van der Waals surface area contributed by atoms with Crippen molar-refractivity contribution in [2.45, 2.75) is 6.92 Å². The molecule has 0 radical (unpaired) electrons. The zero-order valence-electron chi connectivity index (χ0n) is 8.18. The lowest BCUT2D eigenvalue weighted by Gasteiger charge is -1.96. The van der Waals surface area contributed by atoms with E-state index in [0.717, 1.165) is 5.39 Å². The van der Waals surface area contributed by atoms with Crippen LogP contribution in [0.25, 0.3) is 10.9 Å². The highest BCUT2D eigenvalue weighted by Crippen LogP contribution is 2.24. The number of hydrogen-bond donors (Lipinski definition) is 0. The molecule has 0 unspecified atom stereocenters. The normalized spacial score (nSPS) is 10.6. The van der Waals surface area contributed by atoms with Gasteiger partial charge in [-0.05, 0) is 28.7 Å². The molecule has 0 atom stereocenters. The van der Waals surface area contributed by atoms with E-state index in [-0.39, 0.29) is 11.6 Å². The minimum atomic E-state index is -0.496. The fourth-order valence-corrected chi connectivity index (χ4v) is 2.09. The van der Waals surface area contributed by atoms with Gasteiger partial charge in [-0.3, -0.25) is 14.9 Å². The molecule has 0 fully saturated rings. The Kier molecular flexibility index (Phi) is 2.62. The standard InChI is InChI=1S/C9H6IN3O3/c1-5(14)12-8-4-6(13(15)16)2-3-7(8)9(10)11-12/h2-4H,1H3. The summed E-state index contributed by atoms with van der Waals surface area (Å²) in [5, 5.41) is 15.4. The number of fused-ring (bicyclic) bond motifs is 1. The van der Waals surface area contributed by atoms with E-state index in [0.29, 0.717) is 9.22 Å². The molecule has 0 bridgehead atoms. The molecule has 0 N–H and O–H groups in total. The second-order valence-electron chi connectivity index (χ2n) is 3.18. The van der Waals surface area contributed by atoms with Crippen molar-refractivity contribution in [1.82, 2.24) is 9.78 Å². The van der Waals surface area contributed by atoms with Gasteiger partial charge in [0.1, 0.15) is 3.70 Å². The third-order valence-corrected chi connectivity index (χ3v) is 2.93. The first kappa shape index (κ1) is 11.0. The molecule has 1 heterocycles. The molecule has 16 heavy (non-hydrogen) atoms. The largest absolute Gasteiger partial charge is 0.273 e. The van der Waals surface area contributed by atoms with E-state index in [1.165, 1.54) is 23.7 Å². The Morgan fingerprint density at radius 1 is 1.56 bits per heavy atom. The van der Waals surface area contributed by atoms with E-state index in [4.69, 9.17) is 0 Å². The zero-order chi connectivity index (χ0) is 11.9. The van der Waals surface area contributed by atoms with E-state index in [9.17, 15) is 14.9 Å². The number of rotatable bonds is 1. The van der Waals surface area contributed by atoms with Crippen molar-refractivity contribution in [1.29, 1.82) is 0 Å². The average Bonchev–Trinajstić information content (AvgIpc) is 2.56. The summed E-state index contributed by atoms with van der Waals surface area (Å²) in [6.07, 6.45) is 0. The van der Waals surface area contributed by atoms with Gasteiger partial charge < -0.3 is 0 Å². The highest BCUT2D eigenvalue weighted by molar-refractivity contribution is 14.1. The number of nitrogens with zero attached hydrogens (tertiary/aromatic N) is 3. The Hall–Kier alpha value is -1.51. The van der Waals surface area contributed by atoms with E-state index >= 15 is 0 Å². The predicted octanol–water partition coefficient (Wildman–Crippen LogP) is 2.21. The van der Waals surface area contributed by atoms with Crippen molar-refractivity contribution < 1.29 is 9.72 Å². The maximum absolute atomic E-state index is 11.3. The van der Waals surface area contributed by atoms with E-state index in [1.807, 2.05) is 22.6 Å². The van der Waals surface area contributed by atoms with Crippen LogP contribution in [0.1, 0.15) is 11.7 Å². The number of nitro groups is 1. The summed E-state index contributed by atoms with van der Waals surface area (Å²) in [4.78, 5) is 21.4. The Labute approximate surface area is 104 Å². The van der Waals surface area contributed by atoms with Crippen LogP contribution in [0.2, 0.25) is 0 Å². The smallest absolute Gasteiger partial charge is 0.271 e. The highest BCUT2D eigenvalue weighted by Gasteiger charge is 2.15. The summed E-state index contributed by atoms with van der Waals surface area (Å²) in [5.74, 6) is -0.270. The van der Waals surface area contributed by atoms with Crippen LogP contribution in [0.3, 0.4) is 0 Å². The number of non-ortho nitro benzene ring substituents is 1. The van der Waals surface area contributed by atoms with Gasteiger partial charge in [0.25, 0.3) is 5.69 Å². The molecule has 0 aliphatic rings. The van der Waals surface area contributed by atoms with Crippen LogP contribution < -0.4 is 0 Å². The fourth-order valence-electron chi connectivity index (χ4n) is 1.42. The highest BCUT2D eigenvalue weighted by atomic mass is 127. The maximum Gasteiger partial charge on any atom is 0.271 e. The molecule has 0 aliphatic carbocycles. The lowest BCUT2D eigenvalue weighted by atomic mass is 10.2. The van der Waals surface area contributed by atoms with E-state index in [1.54, 1.807) is 6.07 Å². The number of halogens is 1. The van der Waals surface area contributed by atoms with Crippen LogP contribution in [0.4, 0.5) is 5.69 Å². The van der Waals surface area contributed by atoms with Gasteiger partial charge in [0.15, 0.2) is 0 Å². The molecule has 1 aromatic carbocycles. The topological polar surface area (TPSA) is 78.0 Å². The van der Waals surface area contributed by atoms with Crippen LogP contribution in [0.5, 0.6) is 0 Å². The van der Waals surface area contributed by atoms with Gasteiger partial charge in [-0.15, -0.1) is 0 Å². The first-order valence-electron chi connectivity index (χ1n) is 4.34. The van der Waals surface area contributed by atoms with Crippen molar-refractivity contribution in [2.75, 3.05) is 0 Å².